The summed E-state index contributed by atoms with van der Waals surface area (Å²) in [5.41, 5.74) is 0. The molecule has 1 rings (SSSR count). The van der Waals surface area contributed by atoms with Gasteiger partial charge in [0.25, 0.3) is 0 Å². The molecule has 0 aliphatic heterocycles. The fourth-order valence-corrected chi connectivity index (χ4v) is 3.09. The summed E-state index contributed by atoms with van der Waals surface area (Å²) in [4.78, 5) is 5.25. The Morgan fingerprint density at radius 3 is 2.43 bits per heavy atom. The highest BCUT2D eigenvalue weighted by atomic mass is 35.5. The van der Waals surface area contributed by atoms with Crippen LogP contribution in [-0.4, -0.2) is 52.6 Å². The molecule has 0 unspecified atom stereocenters. The van der Waals surface area contributed by atoms with Gasteiger partial charge in [-0.2, -0.15) is 0 Å². The summed E-state index contributed by atoms with van der Waals surface area (Å²) < 4.78 is 25.1. The van der Waals surface area contributed by atoms with E-state index in [2.05, 4.69) is 20.3 Å². The third kappa shape index (κ3) is 9.04. The molecule has 1 aromatic rings. The maximum absolute atomic E-state index is 11.3. The van der Waals surface area contributed by atoms with Crippen LogP contribution in [0, 0.1) is 0 Å². The van der Waals surface area contributed by atoms with Gasteiger partial charge in [0.1, 0.15) is 0 Å². The zero-order valence-electron chi connectivity index (χ0n) is 13.3. The molecule has 0 saturated carbocycles. The molecule has 0 bridgehead atoms. The Hall–Kier alpha value is -0.960. The fourth-order valence-electron chi connectivity index (χ4n) is 1.58. The number of rotatable bonds is 9. The Morgan fingerprint density at radius 1 is 1.17 bits per heavy atom. The van der Waals surface area contributed by atoms with E-state index in [9.17, 15) is 8.42 Å². The van der Waals surface area contributed by atoms with Gasteiger partial charge < -0.3 is 10.6 Å². The molecular formula is C14H23ClN4O2S2. The largest absolute Gasteiger partial charge is 0.356 e. The Balaban J connectivity index is 2.18. The number of hydrogen-bond donors (Lipinski definition) is 3. The second-order valence-electron chi connectivity index (χ2n) is 4.53. The van der Waals surface area contributed by atoms with Crippen molar-refractivity contribution >= 4 is 39.3 Å². The number of sulfonamides is 1. The van der Waals surface area contributed by atoms with Crippen LogP contribution in [0.4, 0.5) is 0 Å². The van der Waals surface area contributed by atoms with Crippen molar-refractivity contribution in [3.63, 3.8) is 0 Å². The molecule has 0 aliphatic rings. The van der Waals surface area contributed by atoms with E-state index in [1.54, 1.807) is 25.7 Å². The van der Waals surface area contributed by atoms with Crippen LogP contribution in [0.2, 0.25) is 5.02 Å². The summed E-state index contributed by atoms with van der Waals surface area (Å²) in [5.74, 6) is 1.62. The summed E-state index contributed by atoms with van der Waals surface area (Å²) >= 11 is 7.56. The minimum atomic E-state index is -3.14. The maximum Gasteiger partial charge on any atom is 0.211 e. The molecule has 3 N–H and O–H groups in total. The molecule has 0 aromatic heterocycles. The van der Waals surface area contributed by atoms with E-state index in [-0.39, 0.29) is 5.75 Å². The zero-order valence-corrected chi connectivity index (χ0v) is 15.7. The first-order valence-electron chi connectivity index (χ1n) is 7.27. The van der Waals surface area contributed by atoms with E-state index in [1.165, 1.54) is 0 Å². The van der Waals surface area contributed by atoms with Crippen molar-refractivity contribution < 1.29 is 8.42 Å². The number of nitrogens with one attached hydrogen (secondary N) is 3. The van der Waals surface area contributed by atoms with Crippen LogP contribution in [0.15, 0.2) is 34.2 Å². The Labute approximate surface area is 147 Å². The Morgan fingerprint density at radius 2 is 1.83 bits per heavy atom. The number of guanidine groups is 1. The molecule has 0 amide bonds. The van der Waals surface area contributed by atoms with Crippen LogP contribution in [0.3, 0.4) is 0 Å². The van der Waals surface area contributed by atoms with Crippen molar-refractivity contribution in [3.8, 4) is 0 Å². The minimum absolute atomic E-state index is 0.0852. The Bertz CT molecular complexity index is 591. The molecule has 6 nitrogen and oxygen atoms in total. The molecule has 130 valence electrons. The van der Waals surface area contributed by atoms with Crippen LogP contribution in [0.1, 0.15) is 6.92 Å². The quantitative estimate of drug-likeness (QED) is 0.263. The molecule has 0 heterocycles. The highest BCUT2D eigenvalue weighted by Gasteiger charge is 2.04. The molecule has 0 spiro atoms. The SMILES string of the molecule is CCS(=O)(=O)NCCNC(=NC)NCCSc1ccc(Cl)cc1. The molecule has 0 saturated heterocycles. The topological polar surface area (TPSA) is 82.6 Å². The van der Waals surface area contributed by atoms with Gasteiger partial charge in [-0.1, -0.05) is 11.6 Å². The predicted molar refractivity (Wildman–Crippen MR) is 99.0 cm³/mol. The second-order valence-corrected chi connectivity index (χ2v) is 8.23. The highest BCUT2D eigenvalue weighted by Crippen LogP contribution is 2.19. The maximum atomic E-state index is 11.3. The fraction of sp³-hybridized carbons (Fsp3) is 0.500. The van der Waals surface area contributed by atoms with Gasteiger partial charge in [-0.05, 0) is 31.2 Å². The van der Waals surface area contributed by atoms with E-state index in [0.717, 1.165) is 22.2 Å². The molecule has 0 atom stereocenters. The van der Waals surface area contributed by atoms with E-state index in [4.69, 9.17) is 11.6 Å². The number of aliphatic imine (C=N–C) groups is 1. The number of benzene rings is 1. The van der Waals surface area contributed by atoms with Gasteiger partial charge in [0.15, 0.2) is 5.96 Å². The van der Waals surface area contributed by atoms with Crippen LogP contribution in [0.25, 0.3) is 0 Å². The van der Waals surface area contributed by atoms with Gasteiger partial charge in [-0.25, -0.2) is 13.1 Å². The smallest absolute Gasteiger partial charge is 0.211 e. The first-order chi connectivity index (χ1) is 11.0. The van der Waals surface area contributed by atoms with Crippen LogP contribution in [0.5, 0.6) is 0 Å². The van der Waals surface area contributed by atoms with Crippen molar-refractivity contribution in [2.45, 2.75) is 11.8 Å². The van der Waals surface area contributed by atoms with Gasteiger partial charge >= 0.3 is 0 Å². The van der Waals surface area contributed by atoms with Crippen molar-refractivity contribution in [1.82, 2.24) is 15.4 Å². The first kappa shape index (κ1) is 20.1. The summed E-state index contributed by atoms with van der Waals surface area (Å²) in [5, 5.41) is 6.97. The molecule has 1 aromatic carbocycles. The van der Waals surface area contributed by atoms with Crippen molar-refractivity contribution in [2.75, 3.05) is 38.2 Å². The third-order valence-electron chi connectivity index (χ3n) is 2.82. The summed E-state index contributed by atoms with van der Waals surface area (Å²) in [6.07, 6.45) is 0. The summed E-state index contributed by atoms with van der Waals surface area (Å²) in [6, 6.07) is 7.71. The second kappa shape index (κ2) is 10.7. The monoisotopic (exact) mass is 378 g/mol. The highest BCUT2D eigenvalue weighted by molar-refractivity contribution is 7.99. The minimum Gasteiger partial charge on any atom is -0.356 e. The molecule has 9 heteroatoms. The van der Waals surface area contributed by atoms with Crippen LogP contribution in [-0.2, 0) is 10.0 Å². The van der Waals surface area contributed by atoms with Crippen LogP contribution < -0.4 is 15.4 Å². The summed E-state index contributed by atoms with van der Waals surface area (Å²) in [7, 11) is -1.46. The predicted octanol–water partition coefficient (Wildman–Crippen LogP) is 1.54. The first-order valence-corrected chi connectivity index (χ1v) is 10.3. The van der Waals surface area contributed by atoms with E-state index in [1.807, 2.05) is 24.3 Å². The molecule has 23 heavy (non-hydrogen) atoms. The van der Waals surface area contributed by atoms with Crippen molar-refractivity contribution in [1.29, 1.82) is 0 Å². The standard InChI is InChI=1S/C14H23ClN4O2S2/c1-3-23(20,21)19-9-8-17-14(16-2)18-10-11-22-13-6-4-12(15)5-7-13/h4-7,19H,3,8-11H2,1-2H3,(H2,16,17,18). The number of nitrogens with zero attached hydrogens (tertiary/aromatic N) is 1. The average molecular weight is 379 g/mol. The lowest BCUT2D eigenvalue weighted by atomic mass is 10.4. The molecule has 0 fully saturated rings. The average Bonchev–Trinajstić information content (AvgIpc) is 2.55. The van der Waals surface area contributed by atoms with Gasteiger partial charge in [-0.3, -0.25) is 4.99 Å². The lowest BCUT2D eigenvalue weighted by molar-refractivity contribution is 0.582. The number of halogens is 1. The number of thioether (sulfide) groups is 1. The molecule has 0 aliphatic carbocycles. The van der Waals surface area contributed by atoms with Crippen molar-refractivity contribution in [2.24, 2.45) is 4.99 Å². The lowest BCUT2D eigenvalue weighted by Gasteiger charge is -2.12. The lowest BCUT2D eigenvalue weighted by Crippen LogP contribution is -2.42. The third-order valence-corrected chi connectivity index (χ3v) is 5.49. The van der Waals surface area contributed by atoms with E-state index >= 15 is 0 Å². The zero-order chi connectivity index (χ0) is 17.1. The number of hydrogen-bond acceptors (Lipinski definition) is 4. The van der Waals surface area contributed by atoms with E-state index in [0.29, 0.717) is 19.0 Å². The van der Waals surface area contributed by atoms with Crippen molar-refractivity contribution in [3.05, 3.63) is 29.3 Å². The van der Waals surface area contributed by atoms with Gasteiger partial charge in [-0.15, -0.1) is 11.8 Å². The summed E-state index contributed by atoms with van der Waals surface area (Å²) in [6.45, 7) is 3.15. The molecular weight excluding hydrogens is 356 g/mol. The van der Waals surface area contributed by atoms with Gasteiger partial charge in [0, 0.05) is 42.4 Å². The molecule has 0 radical (unpaired) electrons. The van der Waals surface area contributed by atoms with E-state index < -0.39 is 10.0 Å². The normalized spacial score (nSPS) is 12.2. The Kier molecular flexibility index (Phi) is 9.39. The van der Waals surface area contributed by atoms with Crippen LogP contribution >= 0.6 is 23.4 Å². The van der Waals surface area contributed by atoms with Gasteiger partial charge in [0.2, 0.25) is 10.0 Å². The van der Waals surface area contributed by atoms with Gasteiger partial charge in [0.05, 0.1) is 5.75 Å².